The maximum absolute atomic E-state index is 13.0. The maximum Gasteiger partial charge on any atom is 0.279 e. The molecule has 1 heterocycles. The van der Waals surface area contributed by atoms with Crippen molar-refractivity contribution in [2.45, 2.75) is 24.9 Å². The van der Waals surface area contributed by atoms with Gasteiger partial charge in [0.05, 0.1) is 15.1 Å². The summed E-state index contributed by atoms with van der Waals surface area (Å²) < 4.78 is 30.4. The Bertz CT molecular complexity index is 1740. The highest BCUT2D eigenvalue weighted by Gasteiger charge is 2.21. The first-order chi connectivity index (χ1) is 17.4. The molecule has 1 aromatic heterocycles. The molecule has 1 amide bonds. The number of carbonyl (C=O) groups excluding carboxylic acids is 1. The Morgan fingerprint density at radius 3 is 2.33 bits per heavy atom. The molecule has 0 saturated carbocycles. The van der Waals surface area contributed by atoms with Gasteiger partial charge in [0.15, 0.2) is 4.80 Å². The van der Waals surface area contributed by atoms with Gasteiger partial charge in [0.25, 0.3) is 5.91 Å². The molecule has 5 aromatic rings. The average Bonchev–Trinajstić information content (AvgIpc) is 3.26. The first-order valence-corrected chi connectivity index (χ1v) is 13.8. The summed E-state index contributed by atoms with van der Waals surface area (Å²) in [6.07, 6.45) is 0. The van der Waals surface area contributed by atoms with E-state index in [1.807, 2.05) is 49.4 Å². The van der Waals surface area contributed by atoms with E-state index < -0.39 is 15.9 Å². The zero-order valence-corrected chi connectivity index (χ0v) is 21.6. The van der Waals surface area contributed by atoms with Crippen LogP contribution in [0.5, 0.6) is 0 Å². The van der Waals surface area contributed by atoms with Crippen molar-refractivity contribution in [3.63, 3.8) is 0 Å². The summed E-state index contributed by atoms with van der Waals surface area (Å²) in [5.41, 5.74) is 2.30. The van der Waals surface area contributed by atoms with Crippen molar-refractivity contribution >= 4 is 48.3 Å². The van der Waals surface area contributed by atoms with Crippen molar-refractivity contribution in [2.75, 3.05) is 7.05 Å². The molecule has 0 N–H and O–H groups in total. The van der Waals surface area contributed by atoms with Gasteiger partial charge in [-0.05, 0) is 48.2 Å². The minimum atomic E-state index is -3.70. The van der Waals surface area contributed by atoms with E-state index in [9.17, 15) is 13.2 Å². The third kappa shape index (κ3) is 4.51. The second-order valence-corrected chi connectivity index (χ2v) is 11.5. The average molecular weight is 516 g/mol. The van der Waals surface area contributed by atoms with E-state index in [4.69, 9.17) is 0 Å². The van der Waals surface area contributed by atoms with E-state index in [1.54, 1.807) is 7.05 Å². The molecule has 0 bridgehead atoms. The summed E-state index contributed by atoms with van der Waals surface area (Å²) in [6.45, 7) is 2.96. The van der Waals surface area contributed by atoms with Crippen molar-refractivity contribution in [3.05, 3.63) is 107 Å². The molecule has 0 aliphatic rings. The molecule has 6 nitrogen and oxygen atoms in total. The topological polar surface area (TPSA) is 71.7 Å². The molecule has 0 saturated heterocycles. The zero-order valence-electron chi connectivity index (χ0n) is 20.0. The van der Waals surface area contributed by atoms with Gasteiger partial charge in [-0.3, -0.25) is 4.79 Å². The largest absolute Gasteiger partial charge is 0.316 e. The maximum atomic E-state index is 13.0. The van der Waals surface area contributed by atoms with Gasteiger partial charge in [-0.25, -0.2) is 8.42 Å². The molecule has 0 radical (unpaired) electrons. The van der Waals surface area contributed by atoms with Crippen molar-refractivity contribution in [2.24, 2.45) is 4.99 Å². The monoisotopic (exact) mass is 515 g/mol. The molecule has 36 heavy (non-hydrogen) atoms. The lowest BCUT2D eigenvalue weighted by molar-refractivity contribution is 0.0997. The Kier molecular flexibility index (Phi) is 6.57. The van der Waals surface area contributed by atoms with Crippen molar-refractivity contribution in [1.29, 1.82) is 0 Å². The fourth-order valence-corrected chi connectivity index (χ4v) is 6.52. The highest BCUT2D eigenvalue weighted by Crippen LogP contribution is 2.27. The second kappa shape index (κ2) is 9.81. The summed E-state index contributed by atoms with van der Waals surface area (Å²) in [5.74, 6) is -0.408. The Morgan fingerprint density at radius 2 is 1.61 bits per heavy atom. The number of aryl methyl sites for hydroxylation is 1. The standard InChI is InChI=1S/C28H25N3O3S2/c1-3-31-26-24-12-8-7-11-21(24)15-18-25(26)35-28(31)29-27(32)22-13-16-23(17-14-22)36(33,34)30(2)19-20-9-5-4-6-10-20/h4-18H,3,19H2,1-2H3. The first-order valence-electron chi connectivity index (χ1n) is 11.6. The SMILES string of the molecule is CCn1c(=NC(=O)c2ccc(S(=O)(=O)N(C)Cc3ccccc3)cc2)sc2ccc3ccccc3c21. The molecule has 182 valence electrons. The van der Waals surface area contributed by atoms with E-state index in [0.717, 1.165) is 26.6 Å². The van der Waals surface area contributed by atoms with E-state index in [2.05, 4.69) is 33.8 Å². The quantitative estimate of drug-likeness (QED) is 0.302. The van der Waals surface area contributed by atoms with E-state index in [-0.39, 0.29) is 11.4 Å². The van der Waals surface area contributed by atoms with E-state index in [1.165, 1.54) is 39.9 Å². The molecule has 0 fully saturated rings. The number of hydrogen-bond donors (Lipinski definition) is 0. The zero-order chi connectivity index (χ0) is 25.3. The van der Waals surface area contributed by atoms with Crippen LogP contribution >= 0.6 is 11.3 Å². The third-order valence-corrected chi connectivity index (χ3v) is 9.00. The molecule has 4 aromatic carbocycles. The molecule has 0 aliphatic heterocycles. The summed E-state index contributed by atoms with van der Waals surface area (Å²) in [5, 5.41) is 2.26. The fourth-order valence-electron chi connectivity index (χ4n) is 4.25. The molecule has 0 spiro atoms. The van der Waals surface area contributed by atoms with Gasteiger partial charge in [-0.15, -0.1) is 0 Å². The number of rotatable bonds is 6. The molecule has 0 aliphatic carbocycles. The van der Waals surface area contributed by atoms with Gasteiger partial charge in [0, 0.05) is 31.1 Å². The molecular weight excluding hydrogens is 490 g/mol. The number of nitrogens with zero attached hydrogens (tertiary/aromatic N) is 3. The predicted molar refractivity (Wildman–Crippen MR) is 144 cm³/mol. The molecule has 0 atom stereocenters. The van der Waals surface area contributed by atoms with Crippen LogP contribution in [0.25, 0.3) is 21.0 Å². The minimum absolute atomic E-state index is 0.134. The number of sulfonamides is 1. The lowest BCUT2D eigenvalue weighted by Crippen LogP contribution is -2.26. The normalized spacial score (nSPS) is 12.6. The Balaban J connectivity index is 1.45. The van der Waals surface area contributed by atoms with Crippen molar-refractivity contribution in [1.82, 2.24) is 8.87 Å². The molecular formula is C28H25N3O3S2. The van der Waals surface area contributed by atoms with E-state index in [0.29, 0.717) is 16.9 Å². The van der Waals surface area contributed by atoms with Crippen LogP contribution in [-0.4, -0.2) is 30.2 Å². The number of carbonyl (C=O) groups is 1. The van der Waals surface area contributed by atoms with Gasteiger partial charge in [0.1, 0.15) is 0 Å². The lowest BCUT2D eigenvalue weighted by atomic mass is 10.1. The van der Waals surface area contributed by atoms with Crippen LogP contribution in [0, 0.1) is 0 Å². The smallest absolute Gasteiger partial charge is 0.279 e. The number of aromatic nitrogens is 1. The van der Waals surface area contributed by atoms with Crippen LogP contribution in [-0.2, 0) is 23.1 Å². The number of hydrogen-bond acceptors (Lipinski definition) is 4. The Morgan fingerprint density at radius 1 is 0.917 bits per heavy atom. The summed E-state index contributed by atoms with van der Waals surface area (Å²) >= 11 is 1.47. The van der Waals surface area contributed by atoms with Gasteiger partial charge < -0.3 is 4.57 Å². The highest BCUT2D eigenvalue weighted by atomic mass is 32.2. The number of benzene rings is 4. The van der Waals surface area contributed by atoms with Crippen LogP contribution in [0.3, 0.4) is 0 Å². The van der Waals surface area contributed by atoms with Gasteiger partial charge >= 0.3 is 0 Å². The predicted octanol–water partition coefficient (Wildman–Crippen LogP) is 5.44. The van der Waals surface area contributed by atoms with Gasteiger partial charge in [0.2, 0.25) is 10.0 Å². The Hall–Kier alpha value is -3.59. The van der Waals surface area contributed by atoms with Crippen LogP contribution in [0.1, 0.15) is 22.8 Å². The van der Waals surface area contributed by atoms with Crippen LogP contribution in [0.15, 0.2) is 101 Å². The molecule has 8 heteroatoms. The number of fused-ring (bicyclic) bond motifs is 3. The molecule has 0 unspecified atom stereocenters. The number of amides is 1. The van der Waals surface area contributed by atoms with Crippen molar-refractivity contribution in [3.8, 4) is 0 Å². The fraction of sp³-hybridized carbons (Fsp3) is 0.143. The third-order valence-electron chi connectivity index (χ3n) is 6.14. The van der Waals surface area contributed by atoms with Crippen LogP contribution in [0.2, 0.25) is 0 Å². The van der Waals surface area contributed by atoms with Crippen LogP contribution in [0.4, 0.5) is 0 Å². The lowest BCUT2D eigenvalue weighted by Gasteiger charge is -2.17. The van der Waals surface area contributed by atoms with Gasteiger partial charge in [-0.1, -0.05) is 72.0 Å². The minimum Gasteiger partial charge on any atom is -0.316 e. The van der Waals surface area contributed by atoms with E-state index >= 15 is 0 Å². The summed E-state index contributed by atoms with van der Waals surface area (Å²) in [6, 6.07) is 27.7. The number of thiazole rings is 1. The second-order valence-electron chi connectivity index (χ2n) is 8.45. The first kappa shape index (κ1) is 24.1. The summed E-state index contributed by atoms with van der Waals surface area (Å²) in [7, 11) is -2.15. The summed E-state index contributed by atoms with van der Waals surface area (Å²) in [4.78, 5) is 18.2. The van der Waals surface area contributed by atoms with Gasteiger partial charge in [-0.2, -0.15) is 9.30 Å². The Labute approximate surface area is 213 Å². The van der Waals surface area contributed by atoms with Crippen LogP contribution < -0.4 is 4.80 Å². The highest BCUT2D eigenvalue weighted by molar-refractivity contribution is 7.89. The van der Waals surface area contributed by atoms with Crippen molar-refractivity contribution < 1.29 is 13.2 Å². The molecule has 5 rings (SSSR count).